The lowest BCUT2D eigenvalue weighted by Crippen LogP contribution is -2.32. The van der Waals surface area contributed by atoms with Crippen molar-refractivity contribution in [2.24, 2.45) is 0 Å². The molecule has 0 aliphatic rings. The predicted molar refractivity (Wildman–Crippen MR) is 75.1 cm³/mol. The van der Waals surface area contributed by atoms with Gasteiger partial charge in [0.25, 0.3) is 0 Å². The lowest BCUT2D eigenvalue weighted by atomic mass is 10.2. The van der Waals surface area contributed by atoms with E-state index in [1.807, 2.05) is 6.92 Å². The van der Waals surface area contributed by atoms with Gasteiger partial charge < -0.3 is 9.57 Å². The molecule has 6 nitrogen and oxygen atoms in total. The summed E-state index contributed by atoms with van der Waals surface area (Å²) in [5.41, 5.74) is 1.16. The standard InChI is InChI=1S/C14H14N2O4S/c1-11-5-7-13(8-6-11)21(18,19)15-16-9-3-4-12(10-16)14(17)20-2/h3-10H,1-2H3. The van der Waals surface area contributed by atoms with E-state index in [-0.39, 0.29) is 10.5 Å². The normalized spacial score (nSPS) is 11.0. The Morgan fingerprint density at radius 3 is 2.48 bits per heavy atom. The number of pyridine rings is 1. The highest BCUT2D eigenvalue weighted by Crippen LogP contribution is 2.15. The van der Waals surface area contributed by atoms with E-state index in [0.29, 0.717) is 0 Å². The van der Waals surface area contributed by atoms with E-state index in [9.17, 15) is 13.2 Å². The van der Waals surface area contributed by atoms with Crippen LogP contribution in [0.1, 0.15) is 15.9 Å². The molecule has 2 aromatic rings. The summed E-state index contributed by atoms with van der Waals surface area (Å²) in [4.78, 5) is 15.1. The molecule has 0 saturated carbocycles. The Morgan fingerprint density at radius 2 is 1.86 bits per heavy atom. The van der Waals surface area contributed by atoms with Crippen LogP contribution in [-0.4, -0.2) is 21.5 Å². The summed E-state index contributed by atoms with van der Waals surface area (Å²) >= 11 is 0. The first-order chi connectivity index (χ1) is 9.92. The van der Waals surface area contributed by atoms with E-state index in [4.69, 9.17) is 0 Å². The summed E-state index contributed by atoms with van der Waals surface area (Å²) in [5.74, 6) is -0.563. The molecule has 2 rings (SSSR count). The Hall–Kier alpha value is -2.41. The number of hydrogen-bond donors (Lipinski definition) is 0. The molecule has 110 valence electrons. The van der Waals surface area contributed by atoms with Gasteiger partial charge in [-0.3, -0.25) is 0 Å². The third-order valence-corrected chi connectivity index (χ3v) is 4.00. The van der Waals surface area contributed by atoms with Gasteiger partial charge in [-0.25, -0.2) is 17.9 Å². The molecule has 0 aliphatic carbocycles. The van der Waals surface area contributed by atoms with Gasteiger partial charge >= 0.3 is 5.97 Å². The summed E-state index contributed by atoms with van der Waals surface area (Å²) in [7, 11) is -2.59. The number of benzene rings is 1. The Labute approximate surface area is 123 Å². The predicted octanol–water partition coefficient (Wildman–Crippen LogP) is 1.59. The molecule has 0 radical (unpaired) electrons. The van der Waals surface area contributed by atoms with Crippen molar-refractivity contribution >= 4 is 16.0 Å². The monoisotopic (exact) mass is 306 g/mol. The average molecular weight is 306 g/mol. The quantitative estimate of drug-likeness (QED) is 0.635. The second-order valence-corrected chi connectivity index (χ2v) is 5.92. The fourth-order valence-corrected chi connectivity index (χ4v) is 2.56. The van der Waals surface area contributed by atoms with Crippen molar-refractivity contribution in [3.05, 3.63) is 64.7 Å². The molecule has 1 heterocycles. The summed E-state index contributed by atoms with van der Waals surface area (Å²) in [6, 6.07) is 9.38. The van der Waals surface area contributed by atoms with E-state index < -0.39 is 16.0 Å². The molecule has 1 aromatic carbocycles. The second-order valence-electron chi connectivity index (χ2n) is 4.33. The number of hydrogen-bond acceptors (Lipinski definition) is 4. The highest BCUT2D eigenvalue weighted by atomic mass is 32.2. The Kier molecular flexibility index (Phi) is 4.23. The number of aryl methyl sites for hydroxylation is 1. The molecule has 21 heavy (non-hydrogen) atoms. The number of carbonyl (C=O) groups excluding carboxylic acids is 1. The van der Waals surface area contributed by atoms with Crippen LogP contribution in [0.4, 0.5) is 0 Å². The van der Waals surface area contributed by atoms with Gasteiger partial charge in [-0.15, -0.1) is 0 Å². The zero-order chi connectivity index (χ0) is 15.5. The largest absolute Gasteiger partial charge is 0.465 e. The molecule has 0 aliphatic heterocycles. The lowest BCUT2D eigenvalue weighted by Gasteiger charge is -2.14. The van der Waals surface area contributed by atoms with Gasteiger partial charge in [0.15, 0.2) is 22.4 Å². The highest BCUT2D eigenvalue weighted by Gasteiger charge is 2.12. The maximum absolute atomic E-state index is 12.2. The van der Waals surface area contributed by atoms with Crippen molar-refractivity contribution in [1.29, 1.82) is 0 Å². The van der Waals surface area contributed by atoms with Crippen molar-refractivity contribution < 1.29 is 22.6 Å². The SMILES string of the molecule is COC(=O)c1ccc[n+]([N-]S(=O)(=O)c2ccc(C)cc2)c1. The minimum atomic E-state index is -3.84. The zero-order valence-electron chi connectivity index (χ0n) is 11.6. The minimum absolute atomic E-state index is 0.0871. The van der Waals surface area contributed by atoms with Crippen LogP contribution in [0.5, 0.6) is 0 Å². The van der Waals surface area contributed by atoms with E-state index in [1.54, 1.807) is 12.1 Å². The van der Waals surface area contributed by atoms with Crippen molar-refractivity contribution in [3.63, 3.8) is 0 Å². The van der Waals surface area contributed by atoms with Gasteiger partial charge in [-0.1, -0.05) is 17.7 Å². The van der Waals surface area contributed by atoms with Crippen LogP contribution in [0.15, 0.2) is 53.7 Å². The van der Waals surface area contributed by atoms with Crippen LogP contribution in [0.3, 0.4) is 0 Å². The molecule has 0 atom stereocenters. The maximum Gasteiger partial charge on any atom is 0.343 e. The molecular formula is C14H14N2O4S. The van der Waals surface area contributed by atoms with Crippen LogP contribution < -0.4 is 4.68 Å². The highest BCUT2D eigenvalue weighted by molar-refractivity contribution is 7.93. The number of methoxy groups -OCH3 is 1. The first kappa shape index (κ1) is 15.0. The molecule has 7 heteroatoms. The summed E-state index contributed by atoms with van der Waals surface area (Å²) < 4.78 is 30.0. The van der Waals surface area contributed by atoms with Gasteiger partial charge in [0.05, 0.1) is 12.0 Å². The van der Waals surface area contributed by atoms with Crippen LogP contribution in [0.25, 0.3) is 4.83 Å². The fourth-order valence-electron chi connectivity index (χ4n) is 1.63. The third-order valence-electron chi connectivity index (χ3n) is 2.73. The Balaban J connectivity index is 2.28. The molecule has 0 fully saturated rings. The zero-order valence-corrected chi connectivity index (χ0v) is 12.4. The van der Waals surface area contributed by atoms with Crippen molar-refractivity contribution in [3.8, 4) is 0 Å². The molecule has 0 N–H and O–H groups in total. The number of esters is 1. The second kappa shape index (κ2) is 5.92. The topological polar surface area (TPSA) is 78.4 Å². The van der Waals surface area contributed by atoms with E-state index in [0.717, 1.165) is 10.2 Å². The molecular weight excluding hydrogens is 292 g/mol. The molecule has 0 bridgehead atoms. The van der Waals surface area contributed by atoms with Crippen LogP contribution in [0.2, 0.25) is 0 Å². The van der Waals surface area contributed by atoms with E-state index in [1.165, 1.54) is 43.8 Å². The van der Waals surface area contributed by atoms with Crippen molar-refractivity contribution in [2.75, 3.05) is 7.11 Å². The lowest BCUT2D eigenvalue weighted by molar-refractivity contribution is -0.614. The van der Waals surface area contributed by atoms with Crippen LogP contribution >= 0.6 is 0 Å². The fraction of sp³-hybridized carbons (Fsp3) is 0.143. The Bertz CT molecular complexity index is 755. The molecule has 0 amide bonds. The van der Waals surface area contributed by atoms with Crippen molar-refractivity contribution in [2.45, 2.75) is 11.8 Å². The summed E-state index contributed by atoms with van der Waals surface area (Å²) in [6.45, 7) is 1.86. The van der Waals surface area contributed by atoms with Crippen molar-refractivity contribution in [1.82, 2.24) is 0 Å². The first-order valence-corrected chi connectivity index (χ1v) is 7.51. The van der Waals surface area contributed by atoms with Crippen LogP contribution in [0, 0.1) is 6.92 Å². The van der Waals surface area contributed by atoms with Gasteiger partial charge in [-0.2, -0.15) is 0 Å². The molecule has 0 spiro atoms. The number of ether oxygens (including phenoxy) is 1. The molecule has 1 aromatic heterocycles. The van der Waals surface area contributed by atoms with E-state index >= 15 is 0 Å². The number of carbonyl (C=O) groups is 1. The summed E-state index contributed by atoms with van der Waals surface area (Å²) in [6.07, 6.45) is 2.72. The number of nitrogens with zero attached hydrogens (tertiary/aromatic N) is 2. The third kappa shape index (κ3) is 3.57. The van der Waals surface area contributed by atoms with Gasteiger partial charge in [0.1, 0.15) is 5.56 Å². The molecule has 0 saturated heterocycles. The number of sulfonamides is 1. The van der Waals surface area contributed by atoms with Gasteiger partial charge in [0.2, 0.25) is 0 Å². The van der Waals surface area contributed by atoms with Gasteiger partial charge in [0, 0.05) is 6.07 Å². The smallest absolute Gasteiger partial charge is 0.343 e. The number of aromatic nitrogens is 1. The average Bonchev–Trinajstić information content (AvgIpc) is 2.46. The first-order valence-electron chi connectivity index (χ1n) is 6.07. The number of rotatable bonds is 4. The van der Waals surface area contributed by atoms with Crippen LogP contribution in [-0.2, 0) is 14.8 Å². The summed E-state index contributed by atoms with van der Waals surface area (Å²) in [5, 5.41) is 0. The molecule has 0 unspecified atom stereocenters. The Morgan fingerprint density at radius 1 is 1.19 bits per heavy atom. The minimum Gasteiger partial charge on any atom is -0.465 e. The maximum atomic E-state index is 12.2. The van der Waals surface area contributed by atoms with E-state index in [2.05, 4.69) is 9.57 Å². The van der Waals surface area contributed by atoms with Gasteiger partial charge in [-0.05, 0) is 25.1 Å².